The van der Waals surface area contributed by atoms with Crippen LogP contribution in [0.3, 0.4) is 0 Å². The molecule has 1 atom stereocenters. The highest BCUT2D eigenvalue weighted by molar-refractivity contribution is 6.03. The Kier molecular flexibility index (Phi) is 5.35. The van der Waals surface area contributed by atoms with Gasteiger partial charge in [0.25, 0.3) is 5.91 Å². The molecular formula is C21H22N4O2. The van der Waals surface area contributed by atoms with Gasteiger partial charge in [-0.1, -0.05) is 24.3 Å². The van der Waals surface area contributed by atoms with Crippen molar-refractivity contribution < 1.29 is 9.59 Å². The molecule has 27 heavy (non-hydrogen) atoms. The number of rotatable bonds is 5. The van der Waals surface area contributed by atoms with Gasteiger partial charge >= 0.3 is 0 Å². The molecule has 0 aliphatic carbocycles. The summed E-state index contributed by atoms with van der Waals surface area (Å²) in [5.74, 6) is -0.514. The number of aryl methyl sites for hydroxylation is 2. The Labute approximate surface area is 158 Å². The van der Waals surface area contributed by atoms with E-state index in [2.05, 4.69) is 15.7 Å². The number of amides is 2. The molecule has 3 aromatic rings. The molecule has 2 N–H and O–H groups in total. The van der Waals surface area contributed by atoms with Crippen LogP contribution in [0.5, 0.6) is 0 Å². The quantitative estimate of drug-likeness (QED) is 0.721. The molecule has 0 bridgehead atoms. The summed E-state index contributed by atoms with van der Waals surface area (Å²) >= 11 is 0. The molecule has 0 saturated carbocycles. The van der Waals surface area contributed by atoms with Crippen LogP contribution in [0.4, 0.5) is 11.4 Å². The van der Waals surface area contributed by atoms with Crippen molar-refractivity contribution in [3.63, 3.8) is 0 Å². The monoisotopic (exact) mass is 362 g/mol. The van der Waals surface area contributed by atoms with E-state index < -0.39 is 6.04 Å². The van der Waals surface area contributed by atoms with Crippen molar-refractivity contribution in [2.75, 3.05) is 10.6 Å². The van der Waals surface area contributed by atoms with E-state index in [0.29, 0.717) is 5.69 Å². The SMILES string of the molecule is Cc1cccc(NC(=O)c2ccn([C@@H](C)C(=O)Nc3cccc(C)c3)n2)c1. The maximum atomic E-state index is 12.5. The molecule has 2 amide bonds. The number of aromatic nitrogens is 2. The number of anilines is 2. The van der Waals surface area contributed by atoms with Gasteiger partial charge in [0.2, 0.25) is 5.91 Å². The molecular weight excluding hydrogens is 340 g/mol. The second kappa shape index (κ2) is 7.86. The number of nitrogens with one attached hydrogen (secondary N) is 2. The number of carbonyl (C=O) groups excluding carboxylic acids is 2. The number of nitrogens with zero attached hydrogens (tertiary/aromatic N) is 2. The Hall–Kier alpha value is -3.41. The van der Waals surface area contributed by atoms with E-state index in [1.807, 2.05) is 62.4 Å². The molecule has 138 valence electrons. The van der Waals surface area contributed by atoms with Gasteiger partial charge in [0.15, 0.2) is 5.69 Å². The first-order chi connectivity index (χ1) is 12.9. The smallest absolute Gasteiger partial charge is 0.276 e. The predicted molar refractivity (Wildman–Crippen MR) is 106 cm³/mol. The topological polar surface area (TPSA) is 76.0 Å². The molecule has 6 nitrogen and oxygen atoms in total. The summed E-state index contributed by atoms with van der Waals surface area (Å²) in [5.41, 5.74) is 3.82. The molecule has 0 radical (unpaired) electrons. The average molecular weight is 362 g/mol. The van der Waals surface area contributed by atoms with E-state index in [1.54, 1.807) is 19.2 Å². The van der Waals surface area contributed by atoms with Crippen molar-refractivity contribution >= 4 is 23.2 Å². The highest BCUT2D eigenvalue weighted by atomic mass is 16.2. The third kappa shape index (κ3) is 4.61. The van der Waals surface area contributed by atoms with Crippen molar-refractivity contribution in [2.24, 2.45) is 0 Å². The van der Waals surface area contributed by atoms with Gasteiger partial charge in [-0.2, -0.15) is 5.10 Å². The van der Waals surface area contributed by atoms with Crippen molar-refractivity contribution in [2.45, 2.75) is 26.8 Å². The van der Waals surface area contributed by atoms with Crippen molar-refractivity contribution in [3.05, 3.63) is 77.6 Å². The lowest BCUT2D eigenvalue weighted by Gasteiger charge is -2.13. The van der Waals surface area contributed by atoms with Crippen LogP contribution in [0.1, 0.15) is 34.6 Å². The number of hydrogen-bond donors (Lipinski definition) is 2. The highest BCUT2D eigenvalue weighted by Crippen LogP contribution is 2.15. The van der Waals surface area contributed by atoms with Crippen LogP contribution in [0.2, 0.25) is 0 Å². The van der Waals surface area contributed by atoms with Crippen molar-refractivity contribution in [3.8, 4) is 0 Å². The Balaban J connectivity index is 1.67. The molecule has 3 rings (SSSR count). The molecule has 0 saturated heterocycles. The summed E-state index contributed by atoms with van der Waals surface area (Å²) in [6, 6.07) is 16.2. The highest BCUT2D eigenvalue weighted by Gasteiger charge is 2.18. The minimum Gasteiger partial charge on any atom is -0.324 e. The fourth-order valence-corrected chi connectivity index (χ4v) is 2.68. The summed E-state index contributed by atoms with van der Waals surface area (Å²) in [7, 11) is 0. The van der Waals surface area contributed by atoms with E-state index in [4.69, 9.17) is 0 Å². The molecule has 0 aliphatic rings. The van der Waals surface area contributed by atoms with E-state index in [9.17, 15) is 9.59 Å². The van der Waals surface area contributed by atoms with Gasteiger partial charge in [-0.3, -0.25) is 14.3 Å². The van der Waals surface area contributed by atoms with Gasteiger partial charge in [-0.05, 0) is 62.2 Å². The van der Waals surface area contributed by atoms with E-state index >= 15 is 0 Å². The molecule has 6 heteroatoms. The Morgan fingerprint density at radius 1 is 0.926 bits per heavy atom. The van der Waals surface area contributed by atoms with E-state index in [1.165, 1.54) is 4.68 Å². The Morgan fingerprint density at radius 3 is 2.11 bits per heavy atom. The molecule has 1 heterocycles. The molecule has 0 spiro atoms. The minimum atomic E-state index is -0.550. The van der Waals surface area contributed by atoms with Gasteiger partial charge in [0, 0.05) is 17.6 Å². The van der Waals surface area contributed by atoms with Crippen LogP contribution in [-0.2, 0) is 4.79 Å². The molecule has 1 aromatic heterocycles. The first kappa shape index (κ1) is 18.4. The molecule has 0 unspecified atom stereocenters. The number of benzene rings is 2. The molecule has 2 aromatic carbocycles. The summed E-state index contributed by atoms with van der Waals surface area (Å²) in [4.78, 5) is 24.8. The zero-order valence-corrected chi connectivity index (χ0v) is 15.6. The normalized spacial score (nSPS) is 11.7. The zero-order chi connectivity index (χ0) is 19.4. The lowest BCUT2D eigenvalue weighted by Crippen LogP contribution is -2.24. The van der Waals surface area contributed by atoms with Crippen LogP contribution in [0.15, 0.2) is 60.8 Å². The fourth-order valence-electron chi connectivity index (χ4n) is 2.68. The third-order valence-corrected chi connectivity index (χ3v) is 4.18. The number of hydrogen-bond acceptors (Lipinski definition) is 3. The fraction of sp³-hybridized carbons (Fsp3) is 0.190. The van der Waals surface area contributed by atoms with Gasteiger partial charge in [0.05, 0.1) is 0 Å². The van der Waals surface area contributed by atoms with E-state index in [0.717, 1.165) is 16.8 Å². The standard InChI is InChI=1S/C21H22N4O2/c1-14-6-4-8-17(12-14)22-20(26)16(3)25-11-10-19(24-25)21(27)23-18-9-5-7-15(2)13-18/h4-13,16H,1-3H3,(H,22,26)(H,23,27)/t16-/m0/s1. The zero-order valence-electron chi connectivity index (χ0n) is 15.6. The maximum absolute atomic E-state index is 12.5. The first-order valence-electron chi connectivity index (χ1n) is 8.73. The van der Waals surface area contributed by atoms with Crippen LogP contribution in [0.25, 0.3) is 0 Å². The minimum absolute atomic E-state index is 0.200. The maximum Gasteiger partial charge on any atom is 0.276 e. The second-order valence-electron chi connectivity index (χ2n) is 6.54. The summed E-state index contributed by atoms with van der Waals surface area (Å²) < 4.78 is 1.48. The lowest BCUT2D eigenvalue weighted by molar-refractivity contribution is -0.119. The summed E-state index contributed by atoms with van der Waals surface area (Å²) in [6.45, 7) is 5.66. The largest absolute Gasteiger partial charge is 0.324 e. The van der Waals surface area contributed by atoms with E-state index in [-0.39, 0.29) is 17.5 Å². The van der Waals surface area contributed by atoms with Gasteiger partial charge in [0.1, 0.15) is 6.04 Å². The van der Waals surface area contributed by atoms with Crippen LogP contribution >= 0.6 is 0 Å². The number of carbonyl (C=O) groups is 2. The summed E-state index contributed by atoms with van der Waals surface area (Å²) in [5, 5.41) is 9.93. The van der Waals surface area contributed by atoms with Crippen LogP contribution < -0.4 is 10.6 Å². The van der Waals surface area contributed by atoms with Crippen molar-refractivity contribution in [1.82, 2.24) is 9.78 Å². The first-order valence-corrected chi connectivity index (χ1v) is 8.73. The van der Waals surface area contributed by atoms with Gasteiger partial charge in [-0.25, -0.2) is 0 Å². The van der Waals surface area contributed by atoms with Gasteiger partial charge < -0.3 is 10.6 Å². The van der Waals surface area contributed by atoms with Gasteiger partial charge in [-0.15, -0.1) is 0 Å². The predicted octanol–water partition coefficient (Wildman–Crippen LogP) is 3.95. The van der Waals surface area contributed by atoms with Crippen molar-refractivity contribution in [1.29, 1.82) is 0 Å². The lowest BCUT2D eigenvalue weighted by atomic mass is 10.2. The molecule has 0 aliphatic heterocycles. The third-order valence-electron chi connectivity index (χ3n) is 4.18. The Bertz CT molecular complexity index is 978. The van der Waals surface area contributed by atoms with Crippen LogP contribution in [0, 0.1) is 13.8 Å². The molecule has 0 fully saturated rings. The van der Waals surface area contributed by atoms with Crippen LogP contribution in [-0.4, -0.2) is 21.6 Å². The summed E-state index contributed by atoms with van der Waals surface area (Å²) in [6.07, 6.45) is 1.63. The Morgan fingerprint density at radius 2 is 1.52 bits per heavy atom. The second-order valence-corrected chi connectivity index (χ2v) is 6.54. The average Bonchev–Trinajstić information content (AvgIpc) is 3.11.